The van der Waals surface area contributed by atoms with Gasteiger partial charge in [-0.1, -0.05) is 25.1 Å². The Labute approximate surface area is 137 Å². The molecule has 2 fully saturated rings. The molecule has 23 heavy (non-hydrogen) atoms. The maximum absolute atomic E-state index is 13.1. The van der Waals surface area contributed by atoms with Gasteiger partial charge >= 0.3 is 0 Å². The van der Waals surface area contributed by atoms with Gasteiger partial charge in [-0.3, -0.25) is 4.79 Å². The van der Waals surface area contributed by atoms with Crippen molar-refractivity contribution in [3.63, 3.8) is 0 Å². The number of para-hydroxylation sites is 1. The van der Waals surface area contributed by atoms with E-state index in [0.717, 1.165) is 30.9 Å². The quantitative estimate of drug-likeness (QED) is 0.868. The molecule has 1 saturated heterocycles. The molecule has 120 valence electrons. The first-order valence-electron chi connectivity index (χ1n) is 8.67. The molecule has 4 nitrogen and oxygen atoms in total. The van der Waals surface area contributed by atoms with Gasteiger partial charge in [0.15, 0.2) is 0 Å². The average molecular weight is 309 g/mol. The van der Waals surface area contributed by atoms with Crippen molar-refractivity contribution in [1.29, 1.82) is 0 Å². The normalized spacial score (nSPS) is 21.4. The summed E-state index contributed by atoms with van der Waals surface area (Å²) >= 11 is 0. The molecule has 1 aromatic heterocycles. The zero-order valence-corrected chi connectivity index (χ0v) is 13.6. The fourth-order valence-corrected chi connectivity index (χ4v) is 3.43. The van der Waals surface area contributed by atoms with Crippen molar-refractivity contribution in [2.45, 2.75) is 38.5 Å². The highest BCUT2D eigenvalue weighted by Crippen LogP contribution is 2.40. The number of carbonyl (C=O) groups excluding carboxylic acids is 1. The number of carbonyl (C=O) groups is 1. The van der Waals surface area contributed by atoms with Gasteiger partial charge in [-0.2, -0.15) is 5.10 Å². The Morgan fingerprint density at radius 3 is 2.65 bits per heavy atom. The van der Waals surface area contributed by atoms with Crippen LogP contribution in [-0.4, -0.2) is 33.7 Å². The molecule has 4 heteroatoms. The van der Waals surface area contributed by atoms with Gasteiger partial charge in [-0.25, -0.2) is 4.68 Å². The standard InChI is InChI=1S/C19H23N3O/c1-14-6-5-11-21(13-14)19(23)18-12-17(15-9-10-15)20-22(18)16-7-3-2-4-8-16/h2-4,7-8,12,14-15H,5-6,9-11,13H2,1H3. The van der Waals surface area contributed by atoms with Gasteiger partial charge in [-0.05, 0) is 49.8 Å². The Morgan fingerprint density at radius 1 is 1.17 bits per heavy atom. The minimum atomic E-state index is 0.125. The van der Waals surface area contributed by atoms with Crippen molar-refractivity contribution in [3.05, 3.63) is 47.8 Å². The molecule has 2 aromatic rings. The van der Waals surface area contributed by atoms with Crippen molar-refractivity contribution in [3.8, 4) is 5.69 Å². The lowest BCUT2D eigenvalue weighted by Crippen LogP contribution is -2.39. The largest absolute Gasteiger partial charge is 0.337 e. The van der Waals surface area contributed by atoms with Gasteiger partial charge in [0.1, 0.15) is 5.69 Å². The number of aromatic nitrogens is 2. The Balaban J connectivity index is 1.70. The van der Waals surface area contributed by atoms with Crippen LogP contribution in [0.1, 0.15) is 54.7 Å². The maximum atomic E-state index is 13.1. The fraction of sp³-hybridized carbons (Fsp3) is 0.474. The van der Waals surface area contributed by atoms with Crippen molar-refractivity contribution < 1.29 is 4.79 Å². The lowest BCUT2D eigenvalue weighted by Gasteiger charge is -2.30. The first-order chi connectivity index (χ1) is 11.2. The SMILES string of the molecule is CC1CCCN(C(=O)c2cc(C3CC3)nn2-c2ccccc2)C1. The van der Waals surface area contributed by atoms with Crippen LogP contribution < -0.4 is 0 Å². The fourth-order valence-electron chi connectivity index (χ4n) is 3.43. The van der Waals surface area contributed by atoms with Crippen LogP contribution in [0.15, 0.2) is 36.4 Å². The lowest BCUT2D eigenvalue weighted by atomic mass is 10.00. The van der Waals surface area contributed by atoms with Crippen LogP contribution in [0, 0.1) is 5.92 Å². The molecular weight excluding hydrogens is 286 g/mol. The predicted octanol–water partition coefficient (Wildman–Crippen LogP) is 3.62. The van der Waals surface area contributed by atoms with E-state index < -0.39 is 0 Å². The van der Waals surface area contributed by atoms with Gasteiger partial charge < -0.3 is 4.90 Å². The molecule has 0 radical (unpaired) electrons. The Kier molecular flexibility index (Phi) is 3.68. The molecular formula is C19H23N3O. The summed E-state index contributed by atoms with van der Waals surface area (Å²) in [4.78, 5) is 15.1. The van der Waals surface area contributed by atoms with Crippen LogP contribution in [0.4, 0.5) is 0 Å². The molecule has 4 rings (SSSR count). The number of benzene rings is 1. The predicted molar refractivity (Wildman–Crippen MR) is 89.8 cm³/mol. The molecule has 1 saturated carbocycles. The Morgan fingerprint density at radius 2 is 1.96 bits per heavy atom. The lowest BCUT2D eigenvalue weighted by molar-refractivity contribution is 0.0674. The van der Waals surface area contributed by atoms with Crippen molar-refractivity contribution in [1.82, 2.24) is 14.7 Å². The van der Waals surface area contributed by atoms with Crippen molar-refractivity contribution in [2.24, 2.45) is 5.92 Å². The third-order valence-electron chi connectivity index (χ3n) is 4.89. The number of amides is 1. The Hall–Kier alpha value is -2.10. The van der Waals surface area contributed by atoms with Crippen molar-refractivity contribution >= 4 is 5.91 Å². The highest BCUT2D eigenvalue weighted by Gasteiger charge is 2.31. The van der Waals surface area contributed by atoms with E-state index in [1.54, 1.807) is 0 Å². The second-order valence-corrected chi connectivity index (χ2v) is 6.97. The molecule has 2 heterocycles. The number of rotatable bonds is 3. The number of nitrogens with zero attached hydrogens (tertiary/aromatic N) is 3. The van der Waals surface area contributed by atoms with E-state index in [1.165, 1.54) is 19.3 Å². The van der Waals surface area contributed by atoms with Crippen LogP contribution in [0.5, 0.6) is 0 Å². The van der Waals surface area contributed by atoms with E-state index in [4.69, 9.17) is 5.10 Å². The van der Waals surface area contributed by atoms with E-state index in [9.17, 15) is 4.79 Å². The van der Waals surface area contributed by atoms with Gasteiger partial charge in [-0.15, -0.1) is 0 Å². The highest BCUT2D eigenvalue weighted by molar-refractivity contribution is 5.93. The summed E-state index contributed by atoms with van der Waals surface area (Å²) in [7, 11) is 0. The highest BCUT2D eigenvalue weighted by atomic mass is 16.2. The summed E-state index contributed by atoms with van der Waals surface area (Å²) < 4.78 is 1.84. The maximum Gasteiger partial charge on any atom is 0.272 e. The van der Waals surface area contributed by atoms with E-state index in [0.29, 0.717) is 17.5 Å². The van der Waals surface area contributed by atoms with Gasteiger partial charge in [0, 0.05) is 19.0 Å². The van der Waals surface area contributed by atoms with Gasteiger partial charge in [0.25, 0.3) is 5.91 Å². The number of hydrogen-bond acceptors (Lipinski definition) is 2. The van der Waals surface area contributed by atoms with Crippen LogP contribution >= 0.6 is 0 Å². The monoisotopic (exact) mass is 309 g/mol. The summed E-state index contributed by atoms with van der Waals surface area (Å²) in [5.41, 5.74) is 2.75. The third kappa shape index (κ3) is 2.90. The number of piperidine rings is 1. The topological polar surface area (TPSA) is 38.1 Å². The van der Waals surface area contributed by atoms with Crippen LogP contribution in [0.3, 0.4) is 0 Å². The number of likely N-dealkylation sites (tertiary alicyclic amines) is 1. The smallest absolute Gasteiger partial charge is 0.272 e. The van der Waals surface area contributed by atoms with Crippen molar-refractivity contribution in [2.75, 3.05) is 13.1 Å². The molecule has 0 bridgehead atoms. The summed E-state index contributed by atoms with van der Waals surface area (Å²) in [6.07, 6.45) is 4.71. The van der Waals surface area contributed by atoms with Crippen LogP contribution in [-0.2, 0) is 0 Å². The zero-order chi connectivity index (χ0) is 15.8. The molecule has 1 aliphatic carbocycles. The average Bonchev–Trinajstić information content (AvgIpc) is 3.34. The minimum absolute atomic E-state index is 0.125. The summed E-state index contributed by atoms with van der Waals surface area (Å²) in [5, 5.41) is 4.75. The molecule has 1 aliphatic heterocycles. The van der Waals surface area contributed by atoms with Crippen LogP contribution in [0.2, 0.25) is 0 Å². The molecule has 2 aliphatic rings. The van der Waals surface area contributed by atoms with E-state index in [1.807, 2.05) is 46.0 Å². The summed E-state index contributed by atoms with van der Waals surface area (Å²) in [5.74, 6) is 1.26. The second kappa shape index (κ2) is 5.84. The Bertz CT molecular complexity index is 703. The molecule has 1 atom stereocenters. The summed E-state index contributed by atoms with van der Waals surface area (Å²) in [6, 6.07) is 12.0. The summed E-state index contributed by atoms with van der Waals surface area (Å²) in [6.45, 7) is 3.95. The van der Waals surface area contributed by atoms with E-state index >= 15 is 0 Å². The molecule has 1 amide bonds. The van der Waals surface area contributed by atoms with Gasteiger partial charge in [0.2, 0.25) is 0 Å². The molecule has 0 spiro atoms. The third-order valence-corrected chi connectivity index (χ3v) is 4.89. The van der Waals surface area contributed by atoms with Gasteiger partial charge in [0.05, 0.1) is 11.4 Å². The molecule has 1 aromatic carbocycles. The first kappa shape index (κ1) is 14.5. The number of hydrogen-bond donors (Lipinski definition) is 0. The first-order valence-corrected chi connectivity index (χ1v) is 8.67. The van der Waals surface area contributed by atoms with E-state index in [-0.39, 0.29) is 5.91 Å². The second-order valence-electron chi connectivity index (χ2n) is 6.97. The van der Waals surface area contributed by atoms with E-state index in [2.05, 4.69) is 6.92 Å². The molecule has 1 unspecified atom stereocenters. The molecule has 0 N–H and O–H groups in total. The van der Waals surface area contributed by atoms with Crippen LogP contribution in [0.25, 0.3) is 5.69 Å². The zero-order valence-electron chi connectivity index (χ0n) is 13.6. The minimum Gasteiger partial charge on any atom is -0.337 e.